The maximum Gasteiger partial charge on any atom is 0.317 e. The molecule has 111 valence electrons. The molecule has 0 unspecified atom stereocenters. The minimum atomic E-state index is -0.122. The molecule has 0 aliphatic carbocycles. The molecule has 1 aromatic carbocycles. The molecule has 0 saturated carbocycles. The highest BCUT2D eigenvalue weighted by molar-refractivity contribution is 5.74. The molecule has 0 bridgehead atoms. The monoisotopic (exact) mass is 284 g/mol. The average Bonchev–Trinajstić information content (AvgIpc) is 2.49. The Balaban J connectivity index is 1.76. The molecule has 0 aromatic heterocycles. The summed E-state index contributed by atoms with van der Waals surface area (Å²) < 4.78 is 0. The third-order valence-corrected chi connectivity index (χ3v) is 3.63. The van der Waals surface area contributed by atoms with E-state index in [1.807, 2.05) is 35.2 Å². The van der Waals surface area contributed by atoms with E-state index >= 15 is 0 Å². The van der Waals surface area contributed by atoms with Crippen LogP contribution in [0.25, 0.3) is 0 Å². The van der Waals surface area contributed by atoms with E-state index in [1.54, 1.807) is 0 Å². The summed E-state index contributed by atoms with van der Waals surface area (Å²) >= 11 is 0. The lowest BCUT2D eigenvalue weighted by molar-refractivity contribution is 0.146. The van der Waals surface area contributed by atoms with Crippen molar-refractivity contribution in [2.45, 2.75) is 12.5 Å². The zero-order valence-corrected chi connectivity index (χ0v) is 12.3. The van der Waals surface area contributed by atoms with Crippen molar-refractivity contribution >= 4 is 6.03 Å². The fraction of sp³-hybridized carbons (Fsp3) is 0.412. The van der Waals surface area contributed by atoms with Crippen molar-refractivity contribution < 1.29 is 4.79 Å². The number of carbonyl (C=O) groups is 1. The zero-order chi connectivity index (χ0) is 15.1. The van der Waals surface area contributed by atoms with E-state index in [0.717, 1.165) is 19.5 Å². The number of benzene rings is 1. The quantitative estimate of drug-likeness (QED) is 0.848. The van der Waals surface area contributed by atoms with Crippen LogP contribution in [0.3, 0.4) is 0 Å². The highest BCUT2D eigenvalue weighted by Gasteiger charge is 2.21. The van der Waals surface area contributed by atoms with Crippen molar-refractivity contribution in [3.63, 3.8) is 0 Å². The van der Waals surface area contributed by atoms with Crippen molar-refractivity contribution in [1.82, 2.24) is 15.1 Å². The average molecular weight is 284 g/mol. The number of carbonyl (C=O) groups excluding carboxylic acids is 1. The summed E-state index contributed by atoms with van der Waals surface area (Å²) in [5.74, 6) is 2.64. The van der Waals surface area contributed by atoms with Gasteiger partial charge in [-0.2, -0.15) is 0 Å². The molecule has 4 nitrogen and oxygen atoms in total. The first-order chi connectivity index (χ1) is 10.2. The Bertz CT molecular complexity index is 487. The second-order valence-corrected chi connectivity index (χ2v) is 5.30. The molecule has 2 rings (SSSR count). The fourth-order valence-corrected chi connectivity index (χ4v) is 2.45. The molecular formula is C17H22N3O. The van der Waals surface area contributed by atoms with Crippen molar-refractivity contribution in [2.75, 3.05) is 32.7 Å². The van der Waals surface area contributed by atoms with Crippen LogP contribution in [0, 0.1) is 19.3 Å². The van der Waals surface area contributed by atoms with Gasteiger partial charge in [0.1, 0.15) is 0 Å². The van der Waals surface area contributed by atoms with Gasteiger partial charge in [0, 0.05) is 32.2 Å². The lowest BCUT2D eigenvalue weighted by atomic mass is 10.1. The van der Waals surface area contributed by atoms with Crippen LogP contribution in [0.5, 0.6) is 0 Å². The molecule has 1 atom stereocenters. The second-order valence-electron chi connectivity index (χ2n) is 5.30. The number of terminal acetylenes is 1. The van der Waals surface area contributed by atoms with Crippen LogP contribution in [0.1, 0.15) is 5.56 Å². The van der Waals surface area contributed by atoms with Crippen molar-refractivity contribution in [3.05, 3.63) is 42.8 Å². The van der Waals surface area contributed by atoms with Crippen LogP contribution in [0.4, 0.5) is 4.79 Å². The topological polar surface area (TPSA) is 35.6 Å². The SMILES string of the molecule is C#CCN1CCN(C(=O)N[C@@H]([CH2])Cc2ccccc2)CC1. The van der Waals surface area contributed by atoms with Crippen LogP contribution >= 0.6 is 0 Å². The van der Waals surface area contributed by atoms with Gasteiger partial charge in [-0.25, -0.2) is 4.79 Å². The van der Waals surface area contributed by atoms with Gasteiger partial charge in [0.05, 0.1) is 6.54 Å². The Hall–Kier alpha value is -1.99. The Morgan fingerprint density at radius 2 is 1.95 bits per heavy atom. The molecule has 1 heterocycles. The Labute approximate surface area is 127 Å². The van der Waals surface area contributed by atoms with E-state index in [4.69, 9.17) is 6.42 Å². The van der Waals surface area contributed by atoms with Crippen LogP contribution < -0.4 is 5.32 Å². The van der Waals surface area contributed by atoms with Gasteiger partial charge in [-0.1, -0.05) is 36.3 Å². The van der Waals surface area contributed by atoms with Crippen molar-refractivity contribution in [1.29, 1.82) is 0 Å². The van der Waals surface area contributed by atoms with Gasteiger partial charge in [-0.15, -0.1) is 6.42 Å². The third-order valence-electron chi connectivity index (χ3n) is 3.63. The number of hydrogen-bond donors (Lipinski definition) is 1. The first kappa shape index (κ1) is 15.4. The third kappa shape index (κ3) is 4.80. The van der Waals surface area contributed by atoms with Gasteiger partial charge in [0.25, 0.3) is 0 Å². The van der Waals surface area contributed by atoms with E-state index in [-0.39, 0.29) is 12.1 Å². The van der Waals surface area contributed by atoms with E-state index in [9.17, 15) is 4.79 Å². The van der Waals surface area contributed by atoms with Gasteiger partial charge in [-0.3, -0.25) is 4.90 Å². The molecule has 1 radical (unpaired) electrons. The summed E-state index contributed by atoms with van der Waals surface area (Å²) in [4.78, 5) is 16.2. The fourth-order valence-electron chi connectivity index (χ4n) is 2.45. The first-order valence-corrected chi connectivity index (χ1v) is 7.27. The lowest BCUT2D eigenvalue weighted by Crippen LogP contribution is -2.53. The number of piperazine rings is 1. The van der Waals surface area contributed by atoms with Crippen LogP contribution in [0.2, 0.25) is 0 Å². The first-order valence-electron chi connectivity index (χ1n) is 7.27. The molecule has 1 saturated heterocycles. The van der Waals surface area contributed by atoms with E-state index < -0.39 is 0 Å². The minimum absolute atomic E-state index is 0.0358. The van der Waals surface area contributed by atoms with Crippen LogP contribution in [0.15, 0.2) is 30.3 Å². The second kappa shape index (κ2) is 7.70. The minimum Gasteiger partial charge on any atom is -0.335 e. The summed E-state index contributed by atoms with van der Waals surface area (Å²) in [5.41, 5.74) is 1.18. The van der Waals surface area contributed by atoms with Crippen molar-refractivity contribution in [3.8, 4) is 12.3 Å². The number of urea groups is 1. The van der Waals surface area contributed by atoms with Gasteiger partial charge in [0.15, 0.2) is 0 Å². The van der Waals surface area contributed by atoms with Gasteiger partial charge < -0.3 is 10.2 Å². The maximum atomic E-state index is 12.2. The van der Waals surface area contributed by atoms with Crippen LogP contribution in [-0.4, -0.2) is 54.6 Å². The summed E-state index contributed by atoms with van der Waals surface area (Å²) in [6, 6.07) is 9.90. The molecule has 1 fully saturated rings. The Kier molecular flexibility index (Phi) is 5.65. The largest absolute Gasteiger partial charge is 0.335 e. The van der Waals surface area contributed by atoms with Gasteiger partial charge in [0.2, 0.25) is 0 Å². The predicted molar refractivity (Wildman–Crippen MR) is 84.7 cm³/mol. The molecule has 1 aliphatic rings. The van der Waals surface area contributed by atoms with Crippen molar-refractivity contribution in [2.24, 2.45) is 0 Å². The summed E-state index contributed by atoms with van der Waals surface area (Å²) in [6.45, 7) is 7.76. The number of rotatable bonds is 4. The summed E-state index contributed by atoms with van der Waals surface area (Å²) in [6.07, 6.45) is 6.04. The Morgan fingerprint density at radius 3 is 2.57 bits per heavy atom. The van der Waals surface area contributed by atoms with E-state index in [0.29, 0.717) is 19.6 Å². The molecule has 1 aromatic rings. The van der Waals surface area contributed by atoms with Gasteiger partial charge in [-0.05, 0) is 18.9 Å². The maximum absolute atomic E-state index is 12.2. The molecule has 0 spiro atoms. The van der Waals surface area contributed by atoms with E-state index in [1.165, 1.54) is 5.56 Å². The smallest absolute Gasteiger partial charge is 0.317 e. The summed E-state index contributed by atoms with van der Waals surface area (Å²) in [7, 11) is 0. The number of nitrogens with zero attached hydrogens (tertiary/aromatic N) is 2. The van der Waals surface area contributed by atoms with Gasteiger partial charge >= 0.3 is 6.03 Å². The van der Waals surface area contributed by atoms with E-state index in [2.05, 4.69) is 23.1 Å². The molecular weight excluding hydrogens is 262 g/mol. The molecule has 4 heteroatoms. The number of amides is 2. The lowest BCUT2D eigenvalue weighted by Gasteiger charge is -2.34. The molecule has 21 heavy (non-hydrogen) atoms. The molecule has 1 aliphatic heterocycles. The van der Waals surface area contributed by atoms with Crippen LogP contribution in [-0.2, 0) is 6.42 Å². The number of nitrogens with one attached hydrogen (secondary N) is 1. The standard InChI is InChI=1S/C17H22N3O/c1-3-9-19-10-12-20(13-11-19)17(21)18-15(2)14-16-7-5-4-6-8-16/h1,4-8,15H,2,9-14H2,(H,18,21)/t15-/m0/s1. The highest BCUT2D eigenvalue weighted by Crippen LogP contribution is 2.05. The number of hydrogen-bond acceptors (Lipinski definition) is 2. The predicted octanol–water partition coefficient (Wildman–Crippen LogP) is 1.39. The summed E-state index contributed by atoms with van der Waals surface area (Å²) in [5, 5.41) is 2.96. The molecule has 1 N–H and O–H groups in total. The molecule has 2 amide bonds. The normalized spacial score (nSPS) is 17.0. The highest BCUT2D eigenvalue weighted by atomic mass is 16.2. The Morgan fingerprint density at radius 1 is 1.29 bits per heavy atom. The zero-order valence-electron chi connectivity index (χ0n) is 12.3.